The zero-order valence-electron chi connectivity index (χ0n) is 15.3. The maximum absolute atomic E-state index is 12.5. The van der Waals surface area contributed by atoms with Crippen molar-refractivity contribution in [2.45, 2.75) is 32.1 Å². The van der Waals surface area contributed by atoms with Crippen molar-refractivity contribution in [2.24, 2.45) is 5.73 Å². The molecule has 3 rings (SSSR count). The third kappa shape index (κ3) is 4.67. The summed E-state index contributed by atoms with van der Waals surface area (Å²) in [7, 11) is 1.57. The Balaban J connectivity index is 1.84. The number of rotatable bonds is 5. The van der Waals surface area contributed by atoms with Gasteiger partial charge in [-0.1, -0.05) is 22.4 Å². The number of halogens is 2. The number of nitrogens with one attached hydrogen (secondary N) is 1. The van der Waals surface area contributed by atoms with Crippen LogP contribution >= 0.6 is 43.2 Å². The molecule has 148 valence electrons. The van der Waals surface area contributed by atoms with Crippen molar-refractivity contribution in [3.63, 3.8) is 0 Å². The van der Waals surface area contributed by atoms with Crippen molar-refractivity contribution in [3.05, 3.63) is 48.7 Å². The Labute approximate surface area is 184 Å². The average Bonchev–Trinajstić information content (AvgIpc) is 2.80. The van der Waals surface area contributed by atoms with Crippen LogP contribution in [0, 0.1) is 0 Å². The molecule has 0 bridgehead atoms. The normalized spacial score (nSPS) is 13.8. The van der Waals surface area contributed by atoms with E-state index in [0.29, 0.717) is 16.3 Å². The summed E-state index contributed by atoms with van der Waals surface area (Å²) in [6, 6.07) is 3.73. The van der Waals surface area contributed by atoms with Crippen LogP contribution < -0.4 is 15.8 Å². The number of carbonyl (C=O) groups excluding carboxylic acids is 2. The number of hydrogen-bond donors (Lipinski definition) is 2. The number of aryl methyl sites for hydroxylation is 1. The fourth-order valence-electron chi connectivity index (χ4n) is 3.33. The van der Waals surface area contributed by atoms with Crippen LogP contribution in [0.2, 0.25) is 0 Å². The highest BCUT2D eigenvalue weighted by atomic mass is 79.9. The molecule has 0 radical (unpaired) electrons. The lowest BCUT2D eigenvalue weighted by atomic mass is 10.1. The van der Waals surface area contributed by atoms with Gasteiger partial charge in [0.05, 0.1) is 17.1 Å². The summed E-state index contributed by atoms with van der Waals surface area (Å²) < 4.78 is 7.03. The summed E-state index contributed by atoms with van der Waals surface area (Å²) in [4.78, 5) is 25.7. The predicted octanol–water partition coefficient (Wildman–Crippen LogP) is 5.30. The SMILES string of the molecule is COc1c(Br)cc(Br)cc1/C=C/C(=O)Nc1sc2c(c1C(N)=O)CCCCC2. The van der Waals surface area contributed by atoms with E-state index in [0.717, 1.165) is 57.1 Å². The number of fused-ring (bicyclic) bond motifs is 1. The highest BCUT2D eigenvalue weighted by molar-refractivity contribution is 9.11. The Morgan fingerprint density at radius 3 is 2.68 bits per heavy atom. The molecule has 0 aliphatic heterocycles. The standard InChI is InChI=1S/C20H20Br2N2O3S/c1-27-18-11(9-12(21)10-14(18)22)7-8-16(25)24-20-17(19(23)26)13-5-3-2-4-6-15(13)28-20/h7-10H,2-6H2,1H3,(H2,23,26)(H,24,25)/b8-7+. The number of anilines is 1. The Kier molecular flexibility index (Phi) is 6.95. The molecule has 2 aromatic rings. The smallest absolute Gasteiger partial charge is 0.251 e. The molecule has 0 saturated carbocycles. The van der Waals surface area contributed by atoms with E-state index in [2.05, 4.69) is 37.2 Å². The minimum Gasteiger partial charge on any atom is -0.495 e. The lowest BCUT2D eigenvalue weighted by Gasteiger charge is -2.08. The first-order valence-corrected chi connectivity index (χ1v) is 11.3. The van der Waals surface area contributed by atoms with Gasteiger partial charge in [0.2, 0.25) is 5.91 Å². The van der Waals surface area contributed by atoms with Crippen molar-refractivity contribution in [1.82, 2.24) is 0 Å². The van der Waals surface area contributed by atoms with Crippen LogP contribution in [-0.2, 0) is 17.6 Å². The molecule has 1 aliphatic rings. The van der Waals surface area contributed by atoms with Gasteiger partial charge >= 0.3 is 0 Å². The van der Waals surface area contributed by atoms with E-state index in [1.807, 2.05) is 12.1 Å². The highest BCUT2D eigenvalue weighted by Gasteiger charge is 2.23. The number of amides is 2. The van der Waals surface area contributed by atoms with Gasteiger partial charge in [0, 0.05) is 21.0 Å². The van der Waals surface area contributed by atoms with Crippen LogP contribution in [0.1, 0.15) is 45.6 Å². The number of ether oxygens (including phenoxy) is 1. The minimum absolute atomic E-state index is 0.322. The summed E-state index contributed by atoms with van der Waals surface area (Å²) in [5.41, 5.74) is 7.83. The average molecular weight is 528 g/mol. The number of methoxy groups -OCH3 is 1. The monoisotopic (exact) mass is 526 g/mol. The first-order valence-electron chi connectivity index (χ1n) is 8.87. The molecule has 1 aromatic heterocycles. The molecule has 0 atom stereocenters. The molecule has 1 aliphatic carbocycles. The second-order valence-corrected chi connectivity index (χ2v) is 9.34. The fraction of sp³-hybridized carbons (Fsp3) is 0.300. The zero-order valence-corrected chi connectivity index (χ0v) is 19.3. The van der Waals surface area contributed by atoms with Gasteiger partial charge < -0.3 is 15.8 Å². The quantitative estimate of drug-likeness (QED) is 0.409. The predicted molar refractivity (Wildman–Crippen MR) is 120 cm³/mol. The lowest BCUT2D eigenvalue weighted by molar-refractivity contribution is -0.111. The van der Waals surface area contributed by atoms with Crippen LogP contribution in [0.15, 0.2) is 27.2 Å². The van der Waals surface area contributed by atoms with Crippen molar-refractivity contribution < 1.29 is 14.3 Å². The minimum atomic E-state index is -0.490. The van der Waals surface area contributed by atoms with Gasteiger partial charge in [-0.15, -0.1) is 11.3 Å². The number of hydrogen-bond acceptors (Lipinski definition) is 4. The summed E-state index contributed by atoms with van der Waals surface area (Å²) >= 11 is 8.34. The van der Waals surface area contributed by atoms with Gasteiger partial charge in [0.15, 0.2) is 0 Å². The summed E-state index contributed by atoms with van der Waals surface area (Å²) in [6.07, 6.45) is 8.13. The summed E-state index contributed by atoms with van der Waals surface area (Å²) in [5, 5.41) is 3.37. The van der Waals surface area contributed by atoms with Gasteiger partial charge in [-0.05, 0) is 65.4 Å². The zero-order chi connectivity index (χ0) is 20.3. The first kappa shape index (κ1) is 21.1. The van der Waals surface area contributed by atoms with Crippen molar-refractivity contribution in [3.8, 4) is 5.75 Å². The third-order valence-corrected chi connectivity index (χ3v) is 6.81. The van der Waals surface area contributed by atoms with Gasteiger partial charge in [0.1, 0.15) is 10.8 Å². The van der Waals surface area contributed by atoms with Crippen LogP contribution in [0.3, 0.4) is 0 Å². The van der Waals surface area contributed by atoms with E-state index >= 15 is 0 Å². The molecular formula is C20H20Br2N2O3S. The molecule has 28 heavy (non-hydrogen) atoms. The topological polar surface area (TPSA) is 81.4 Å². The molecule has 2 amide bonds. The van der Waals surface area contributed by atoms with E-state index in [1.54, 1.807) is 13.2 Å². The number of carbonyl (C=O) groups is 2. The Morgan fingerprint density at radius 2 is 1.96 bits per heavy atom. The Hall–Kier alpha value is -1.64. The van der Waals surface area contributed by atoms with E-state index in [-0.39, 0.29) is 5.91 Å². The van der Waals surface area contributed by atoms with Crippen LogP contribution in [-0.4, -0.2) is 18.9 Å². The van der Waals surface area contributed by atoms with Crippen molar-refractivity contribution >= 4 is 66.1 Å². The molecule has 5 nitrogen and oxygen atoms in total. The summed E-state index contributed by atoms with van der Waals surface area (Å²) in [6.45, 7) is 0. The third-order valence-electron chi connectivity index (χ3n) is 4.56. The van der Waals surface area contributed by atoms with Crippen LogP contribution in [0.5, 0.6) is 5.75 Å². The summed E-state index contributed by atoms with van der Waals surface area (Å²) in [5.74, 6) is -0.179. The molecule has 0 unspecified atom stereocenters. The van der Waals surface area contributed by atoms with Crippen LogP contribution in [0.25, 0.3) is 6.08 Å². The Morgan fingerprint density at radius 1 is 1.21 bits per heavy atom. The van der Waals surface area contributed by atoms with E-state index < -0.39 is 5.91 Å². The largest absolute Gasteiger partial charge is 0.495 e. The van der Waals surface area contributed by atoms with E-state index in [1.165, 1.54) is 17.4 Å². The Bertz CT molecular complexity index is 953. The van der Waals surface area contributed by atoms with Crippen molar-refractivity contribution in [1.29, 1.82) is 0 Å². The first-order chi connectivity index (χ1) is 13.4. The fourth-order valence-corrected chi connectivity index (χ4v) is 6.05. The maximum Gasteiger partial charge on any atom is 0.251 e. The van der Waals surface area contributed by atoms with Gasteiger partial charge in [-0.3, -0.25) is 9.59 Å². The van der Waals surface area contributed by atoms with Crippen LogP contribution in [0.4, 0.5) is 5.00 Å². The van der Waals surface area contributed by atoms with Crippen molar-refractivity contribution in [2.75, 3.05) is 12.4 Å². The molecule has 0 fully saturated rings. The number of thiophene rings is 1. The maximum atomic E-state index is 12.5. The number of benzene rings is 1. The second-order valence-electron chi connectivity index (χ2n) is 6.47. The highest BCUT2D eigenvalue weighted by Crippen LogP contribution is 2.37. The molecule has 3 N–H and O–H groups in total. The van der Waals surface area contributed by atoms with E-state index in [9.17, 15) is 9.59 Å². The number of nitrogens with two attached hydrogens (primary N) is 1. The molecular weight excluding hydrogens is 508 g/mol. The molecule has 0 saturated heterocycles. The number of primary amides is 1. The molecule has 1 heterocycles. The van der Waals surface area contributed by atoms with Gasteiger partial charge in [0.25, 0.3) is 5.91 Å². The van der Waals surface area contributed by atoms with Gasteiger partial charge in [-0.25, -0.2) is 0 Å². The molecule has 0 spiro atoms. The molecule has 8 heteroatoms. The molecule has 1 aromatic carbocycles. The van der Waals surface area contributed by atoms with E-state index in [4.69, 9.17) is 10.5 Å². The lowest BCUT2D eigenvalue weighted by Crippen LogP contribution is -2.17. The second kappa shape index (κ2) is 9.24. The van der Waals surface area contributed by atoms with Gasteiger partial charge in [-0.2, -0.15) is 0 Å².